The van der Waals surface area contributed by atoms with E-state index in [1.807, 2.05) is 53.4 Å². The van der Waals surface area contributed by atoms with Gasteiger partial charge in [0.25, 0.3) is 0 Å². The van der Waals surface area contributed by atoms with Crippen LogP contribution in [0.3, 0.4) is 0 Å². The van der Waals surface area contributed by atoms with Crippen molar-refractivity contribution in [3.8, 4) is 5.88 Å². The van der Waals surface area contributed by atoms with Gasteiger partial charge in [-0.2, -0.15) is 0 Å². The molecule has 23 heavy (non-hydrogen) atoms. The number of likely N-dealkylation sites (tertiary alicyclic amines) is 1. The van der Waals surface area contributed by atoms with E-state index in [0.717, 1.165) is 18.4 Å². The van der Waals surface area contributed by atoms with Gasteiger partial charge in [0.2, 0.25) is 11.8 Å². The third kappa shape index (κ3) is 3.68. The maximum absolute atomic E-state index is 12.2. The Morgan fingerprint density at radius 2 is 2.00 bits per heavy atom. The molecule has 0 aliphatic carbocycles. The zero-order valence-electron chi connectivity index (χ0n) is 13.0. The van der Waals surface area contributed by atoms with Gasteiger partial charge < -0.3 is 15.4 Å². The number of aromatic nitrogens is 1. The van der Waals surface area contributed by atoms with Gasteiger partial charge in [0, 0.05) is 31.6 Å². The highest BCUT2D eigenvalue weighted by Gasteiger charge is 2.33. The molecule has 2 aromatic rings. The zero-order chi connectivity index (χ0) is 16.1. The van der Waals surface area contributed by atoms with Gasteiger partial charge in [-0.1, -0.05) is 36.4 Å². The minimum Gasteiger partial charge on any atom is -0.474 e. The van der Waals surface area contributed by atoms with E-state index in [2.05, 4.69) is 4.98 Å². The molecule has 1 aromatic heterocycles. The van der Waals surface area contributed by atoms with E-state index in [1.165, 1.54) is 0 Å². The van der Waals surface area contributed by atoms with E-state index >= 15 is 0 Å². The average molecular weight is 311 g/mol. The fraction of sp³-hybridized carbons (Fsp3) is 0.333. The third-order valence-electron chi connectivity index (χ3n) is 4.16. The number of nitrogens with two attached hydrogens (primary N) is 1. The molecule has 120 valence electrons. The van der Waals surface area contributed by atoms with E-state index in [-0.39, 0.29) is 24.6 Å². The molecule has 2 unspecified atom stereocenters. The molecule has 1 aliphatic heterocycles. The molecule has 1 amide bonds. The number of rotatable bonds is 4. The normalized spacial score (nSPS) is 21.0. The van der Waals surface area contributed by atoms with E-state index in [1.54, 1.807) is 6.20 Å². The van der Waals surface area contributed by atoms with Gasteiger partial charge in [0.1, 0.15) is 6.10 Å². The molecule has 2 N–H and O–H groups in total. The predicted molar refractivity (Wildman–Crippen MR) is 87.8 cm³/mol. The number of piperidine rings is 1. The molecule has 5 heteroatoms. The maximum Gasteiger partial charge on any atom is 0.236 e. The fourth-order valence-electron chi connectivity index (χ4n) is 3.03. The van der Waals surface area contributed by atoms with Gasteiger partial charge in [-0.3, -0.25) is 4.79 Å². The fourth-order valence-corrected chi connectivity index (χ4v) is 3.03. The molecule has 1 saturated heterocycles. The molecule has 5 nitrogen and oxygen atoms in total. The number of nitrogens with zero attached hydrogens (tertiary/aromatic N) is 2. The Labute approximate surface area is 136 Å². The summed E-state index contributed by atoms with van der Waals surface area (Å²) in [6.45, 7) is 0.683. The molecule has 2 atom stereocenters. The molecular formula is C18H21N3O2. The standard InChI is InChI=1S/C18H21N3O2/c19-13-18(22)21-11-9-15(23-17-8-4-5-10-20-17)12-16(21)14-6-2-1-3-7-14/h1-8,10,15-16H,9,11-13,19H2. The van der Waals surface area contributed by atoms with Gasteiger partial charge >= 0.3 is 0 Å². The van der Waals surface area contributed by atoms with Crippen molar-refractivity contribution < 1.29 is 9.53 Å². The highest BCUT2D eigenvalue weighted by atomic mass is 16.5. The SMILES string of the molecule is NCC(=O)N1CCC(Oc2ccccn2)CC1c1ccccc1. The summed E-state index contributed by atoms with van der Waals surface area (Å²) in [5.41, 5.74) is 6.68. The Morgan fingerprint density at radius 1 is 1.22 bits per heavy atom. The Bertz CT molecular complexity index is 633. The van der Waals surface area contributed by atoms with Crippen molar-refractivity contribution in [2.75, 3.05) is 13.1 Å². The molecule has 1 aliphatic rings. The van der Waals surface area contributed by atoms with Gasteiger partial charge in [-0.15, -0.1) is 0 Å². The first-order valence-corrected chi connectivity index (χ1v) is 7.90. The third-order valence-corrected chi connectivity index (χ3v) is 4.16. The average Bonchev–Trinajstić information content (AvgIpc) is 2.62. The summed E-state index contributed by atoms with van der Waals surface area (Å²) in [5, 5.41) is 0. The number of benzene rings is 1. The van der Waals surface area contributed by atoms with E-state index in [4.69, 9.17) is 10.5 Å². The van der Waals surface area contributed by atoms with E-state index < -0.39 is 0 Å². The van der Waals surface area contributed by atoms with Crippen LogP contribution in [0.25, 0.3) is 0 Å². The van der Waals surface area contributed by atoms with Crippen LogP contribution in [0, 0.1) is 0 Å². The summed E-state index contributed by atoms with van der Waals surface area (Å²) < 4.78 is 5.99. The van der Waals surface area contributed by atoms with Crippen molar-refractivity contribution >= 4 is 5.91 Å². The first-order chi connectivity index (χ1) is 11.3. The van der Waals surface area contributed by atoms with Crippen LogP contribution < -0.4 is 10.5 Å². The van der Waals surface area contributed by atoms with E-state index in [9.17, 15) is 4.79 Å². The zero-order valence-corrected chi connectivity index (χ0v) is 13.0. The van der Waals surface area contributed by atoms with Crippen molar-refractivity contribution in [1.82, 2.24) is 9.88 Å². The number of hydrogen-bond acceptors (Lipinski definition) is 4. The second kappa shape index (κ2) is 7.24. The van der Waals surface area contributed by atoms with Crippen LogP contribution in [0.5, 0.6) is 5.88 Å². The minimum absolute atomic E-state index is 0.00490. The number of ether oxygens (including phenoxy) is 1. The quantitative estimate of drug-likeness (QED) is 0.939. The number of carbonyl (C=O) groups is 1. The maximum atomic E-state index is 12.2. The topological polar surface area (TPSA) is 68.5 Å². The molecule has 0 saturated carbocycles. The molecule has 0 bridgehead atoms. The lowest BCUT2D eigenvalue weighted by Crippen LogP contribution is -2.46. The predicted octanol–water partition coefficient (Wildman–Crippen LogP) is 2.15. The molecule has 2 heterocycles. The first-order valence-electron chi connectivity index (χ1n) is 7.90. The largest absolute Gasteiger partial charge is 0.474 e. The summed E-state index contributed by atoms with van der Waals surface area (Å²) >= 11 is 0. The highest BCUT2D eigenvalue weighted by molar-refractivity contribution is 5.78. The Kier molecular flexibility index (Phi) is 4.88. The number of amides is 1. The van der Waals surface area contributed by atoms with Gasteiger partial charge in [0.15, 0.2) is 0 Å². The Morgan fingerprint density at radius 3 is 2.70 bits per heavy atom. The Hall–Kier alpha value is -2.40. The van der Waals surface area contributed by atoms with Crippen molar-refractivity contribution in [3.63, 3.8) is 0 Å². The second-order valence-electron chi connectivity index (χ2n) is 5.65. The van der Waals surface area contributed by atoms with Crippen molar-refractivity contribution in [1.29, 1.82) is 0 Å². The van der Waals surface area contributed by atoms with Crippen LogP contribution in [0.2, 0.25) is 0 Å². The Balaban J connectivity index is 1.77. The lowest BCUT2D eigenvalue weighted by atomic mass is 9.93. The molecule has 1 fully saturated rings. The summed E-state index contributed by atoms with van der Waals surface area (Å²) in [4.78, 5) is 18.3. The number of pyridine rings is 1. The number of carbonyl (C=O) groups excluding carboxylic acids is 1. The summed E-state index contributed by atoms with van der Waals surface area (Å²) in [6.07, 6.45) is 3.28. The van der Waals surface area contributed by atoms with Crippen LogP contribution in [0.15, 0.2) is 54.7 Å². The van der Waals surface area contributed by atoms with Gasteiger partial charge in [-0.25, -0.2) is 4.98 Å². The van der Waals surface area contributed by atoms with Crippen LogP contribution >= 0.6 is 0 Å². The van der Waals surface area contributed by atoms with Crippen LogP contribution in [0.1, 0.15) is 24.4 Å². The van der Waals surface area contributed by atoms with Crippen molar-refractivity contribution in [3.05, 3.63) is 60.3 Å². The molecule has 3 rings (SSSR count). The van der Waals surface area contributed by atoms with Crippen molar-refractivity contribution in [2.24, 2.45) is 5.73 Å². The first kappa shape index (κ1) is 15.5. The summed E-state index contributed by atoms with van der Waals surface area (Å²) in [6, 6.07) is 15.7. The van der Waals surface area contributed by atoms with Gasteiger partial charge in [0.05, 0.1) is 12.6 Å². The minimum atomic E-state index is -0.0184. The smallest absolute Gasteiger partial charge is 0.236 e. The monoisotopic (exact) mass is 311 g/mol. The lowest BCUT2D eigenvalue weighted by molar-refractivity contribution is -0.135. The molecule has 1 aromatic carbocycles. The molecule has 0 spiro atoms. The lowest BCUT2D eigenvalue weighted by Gasteiger charge is -2.39. The highest BCUT2D eigenvalue weighted by Crippen LogP contribution is 2.32. The molecular weight excluding hydrogens is 290 g/mol. The van der Waals surface area contributed by atoms with Crippen LogP contribution in [0.4, 0.5) is 0 Å². The van der Waals surface area contributed by atoms with Gasteiger partial charge in [-0.05, 0) is 11.6 Å². The summed E-state index contributed by atoms with van der Waals surface area (Å²) in [5.74, 6) is 0.609. The van der Waals surface area contributed by atoms with E-state index in [0.29, 0.717) is 12.4 Å². The summed E-state index contributed by atoms with van der Waals surface area (Å²) in [7, 11) is 0. The van der Waals surface area contributed by atoms with Crippen LogP contribution in [-0.4, -0.2) is 35.0 Å². The number of hydrogen-bond donors (Lipinski definition) is 1. The van der Waals surface area contributed by atoms with Crippen molar-refractivity contribution in [2.45, 2.75) is 25.0 Å². The second-order valence-corrected chi connectivity index (χ2v) is 5.65. The molecule has 0 radical (unpaired) electrons. The van der Waals surface area contributed by atoms with Crippen LogP contribution in [-0.2, 0) is 4.79 Å².